The molecular formula is C16H16FN. The summed E-state index contributed by atoms with van der Waals surface area (Å²) in [4.78, 5) is 2.01. The summed E-state index contributed by atoms with van der Waals surface area (Å²) in [5.74, 6) is -0.215. The van der Waals surface area contributed by atoms with Gasteiger partial charge in [-0.15, -0.1) is 0 Å². The molecule has 0 saturated carbocycles. The van der Waals surface area contributed by atoms with Gasteiger partial charge in [0.15, 0.2) is 0 Å². The van der Waals surface area contributed by atoms with Crippen molar-refractivity contribution < 1.29 is 4.39 Å². The first-order valence-corrected chi connectivity index (χ1v) is 5.87. The third-order valence-corrected chi connectivity index (χ3v) is 2.75. The van der Waals surface area contributed by atoms with Gasteiger partial charge in [0.1, 0.15) is 5.83 Å². The van der Waals surface area contributed by atoms with E-state index >= 15 is 0 Å². The van der Waals surface area contributed by atoms with Crippen molar-refractivity contribution in [2.75, 3.05) is 19.0 Å². The molecule has 0 bridgehead atoms. The molecule has 0 saturated heterocycles. The minimum absolute atomic E-state index is 0.215. The second-order valence-electron chi connectivity index (χ2n) is 4.34. The molecule has 0 aliphatic carbocycles. The van der Waals surface area contributed by atoms with Crippen molar-refractivity contribution in [3.05, 3.63) is 65.7 Å². The van der Waals surface area contributed by atoms with Crippen molar-refractivity contribution in [2.24, 2.45) is 0 Å². The quantitative estimate of drug-likeness (QED) is 0.727. The normalized spacial score (nSPS) is 11.4. The summed E-state index contributed by atoms with van der Waals surface area (Å²) in [6.07, 6.45) is 1.55. The van der Waals surface area contributed by atoms with E-state index in [4.69, 9.17) is 0 Å². The molecule has 0 aliphatic rings. The first kappa shape index (κ1) is 12.4. The fourth-order valence-electron chi connectivity index (χ4n) is 1.70. The van der Waals surface area contributed by atoms with Gasteiger partial charge in [0.25, 0.3) is 0 Å². The number of rotatable bonds is 3. The smallest absolute Gasteiger partial charge is 0.131 e. The standard InChI is InChI=1S/C16H16FN/c1-18(2)15-10-8-13(9-11-15)12-16(17)14-6-4-3-5-7-14/h3-12H,1-2H3. The number of hydrogen-bond acceptors (Lipinski definition) is 1. The number of halogens is 1. The third kappa shape index (κ3) is 2.98. The van der Waals surface area contributed by atoms with E-state index < -0.39 is 0 Å². The molecule has 0 N–H and O–H groups in total. The van der Waals surface area contributed by atoms with E-state index in [0.717, 1.165) is 11.3 Å². The lowest BCUT2D eigenvalue weighted by atomic mass is 10.1. The van der Waals surface area contributed by atoms with Gasteiger partial charge in [-0.2, -0.15) is 0 Å². The summed E-state index contributed by atoms with van der Waals surface area (Å²) >= 11 is 0. The van der Waals surface area contributed by atoms with Crippen LogP contribution in [0.1, 0.15) is 11.1 Å². The van der Waals surface area contributed by atoms with Gasteiger partial charge in [0.05, 0.1) is 0 Å². The number of benzene rings is 2. The average molecular weight is 241 g/mol. The van der Waals surface area contributed by atoms with Crippen LogP contribution in [0.3, 0.4) is 0 Å². The van der Waals surface area contributed by atoms with E-state index in [0.29, 0.717) is 5.56 Å². The number of nitrogens with zero attached hydrogens (tertiary/aromatic N) is 1. The maximum Gasteiger partial charge on any atom is 0.131 e. The van der Waals surface area contributed by atoms with Crippen LogP contribution >= 0.6 is 0 Å². The summed E-state index contributed by atoms with van der Waals surface area (Å²) in [6, 6.07) is 16.8. The fraction of sp³-hybridized carbons (Fsp3) is 0.125. The summed E-state index contributed by atoms with van der Waals surface area (Å²) < 4.78 is 13.9. The van der Waals surface area contributed by atoms with Crippen molar-refractivity contribution in [1.82, 2.24) is 0 Å². The van der Waals surface area contributed by atoms with E-state index in [2.05, 4.69) is 0 Å². The van der Waals surface area contributed by atoms with Crippen LogP contribution in [0.4, 0.5) is 10.1 Å². The highest BCUT2D eigenvalue weighted by Gasteiger charge is 2.00. The molecule has 2 heteroatoms. The molecule has 0 radical (unpaired) electrons. The molecule has 0 spiro atoms. The predicted molar refractivity (Wildman–Crippen MR) is 76.2 cm³/mol. The molecular weight excluding hydrogens is 225 g/mol. The minimum atomic E-state index is -0.215. The maximum absolute atomic E-state index is 13.9. The lowest BCUT2D eigenvalue weighted by Crippen LogP contribution is -2.07. The van der Waals surface area contributed by atoms with Crippen molar-refractivity contribution in [1.29, 1.82) is 0 Å². The lowest BCUT2D eigenvalue weighted by Gasteiger charge is -2.11. The number of hydrogen-bond donors (Lipinski definition) is 0. The van der Waals surface area contributed by atoms with Crippen LogP contribution in [0.5, 0.6) is 0 Å². The van der Waals surface area contributed by atoms with Gasteiger partial charge in [-0.25, -0.2) is 4.39 Å². The molecule has 0 amide bonds. The molecule has 2 aromatic rings. The van der Waals surface area contributed by atoms with E-state index in [1.807, 2.05) is 61.5 Å². The number of anilines is 1. The molecule has 92 valence electrons. The van der Waals surface area contributed by atoms with E-state index in [1.165, 1.54) is 0 Å². The molecule has 0 atom stereocenters. The van der Waals surface area contributed by atoms with Crippen LogP contribution in [-0.4, -0.2) is 14.1 Å². The second-order valence-corrected chi connectivity index (χ2v) is 4.34. The Morgan fingerprint density at radius 1 is 0.944 bits per heavy atom. The second kappa shape index (κ2) is 5.50. The monoisotopic (exact) mass is 241 g/mol. The first-order chi connectivity index (χ1) is 8.66. The SMILES string of the molecule is CN(C)c1ccc(C=C(F)c2ccccc2)cc1. The minimum Gasteiger partial charge on any atom is -0.378 e. The van der Waals surface area contributed by atoms with Gasteiger partial charge < -0.3 is 4.90 Å². The molecule has 0 unspecified atom stereocenters. The summed E-state index contributed by atoms with van der Waals surface area (Å²) in [5.41, 5.74) is 2.57. The van der Waals surface area contributed by atoms with Gasteiger partial charge in [-0.3, -0.25) is 0 Å². The van der Waals surface area contributed by atoms with Gasteiger partial charge >= 0.3 is 0 Å². The Morgan fingerprint density at radius 2 is 1.56 bits per heavy atom. The van der Waals surface area contributed by atoms with Crippen LogP contribution in [0.25, 0.3) is 11.9 Å². The molecule has 1 nitrogen and oxygen atoms in total. The Labute approximate surface area is 107 Å². The topological polar surface area (TPSA) is 3.24 Å². The summed E-state index contributed by atoms with van der Waals surface area (Å²) in [7, 11) is 3.96. The van der Waals surface area contributed by atoms with Gasteiger partial charge in [-0.05, 0) is 23.8 Å². The molecule has 2 aromatic carbocycles. The molecule has 0 heterocycles. The largest absolute Gasteiger partial charge is 0.378 e. The summed E-state index contributed by atoms with van der Waals surface area (Å²) in [6.45, 7) is 0. The Hall–Kier alpha value is -2.09. The van der Waals surface area contributed by atoms with Gasteiger partial charge in [0.2, 0.25) is 0 Å². The van der Waals surface area contributed by atoms with Crippen molar-refractivity contribution >= 4 is 17.6 Å². The Balaban J connectivity index is 2.23. The van der Waals surface area contributed by atoms with E-state index in [1.54, 1.807) is 18.2 Å². The fourth-order valence-corrected chi connectivity index (χ4v) is 1.70. The third-order valence-electron chi connectivity index (χ3n) is 2.75. The molecule has 18 heavy (non-hydrogen) atoms. The summed E-state index contributed by atoms with van der Waals surface area (Å²) in [5, 5.41) is 0. The lowest BCUT2D eigenvalue weighted by molar-refractivity contribution is 0.765. The highest BCUT2D eigenvalue weighted by molar-refractivity contribution is 5.77. The first-order valence-electron chi connectivity index (χ1n) is 5.87. The average Bonchev–Trinajstić information content (AvgIpc) is 2.40. The Bertz CT molecular complexity index is 527. The van der Waals surface area contributed by atoms with Crippen LogP contribution in [0, 0.1) is 0 Å². The van der Waals surface area contributed by atoms with Crippen LogP contribution < -0.4 is 4.90 Å². The van der Waals surface area contributed by atoms with Crippen LogP contribution in [0.2, 0.25) is 0 Å². The van der Waals surface area contributed by atoms with E-state index in [9.17, 15) is 4.39 Å². The zero-order valence-electron chi connectivity index (χ0n) is 10.6. The van der Waals surface area contributed by atoms with Crippen molar-refractivity contribution in [2.45, 2.75) is 0 Å². The zero-order valence-corrected chi connectivity index (χ0v) is 10.6. The molecule has 0 aliphatic heterocycles. The van der Waals surface area contributed by atoms with E-state index in [-0.39, 0.29) is 5.83 Å². The molecule has 0 fully saturated rings. The Morgan fingerprint density at radius 3 is 2.11 bits per heavy atom. The highest BCUT2D eigenvalue weighted by Crippen LogP contribution is 2.20. The zero-order chi connectivity index (χ0) is 13.0. The molecule has 0 aromatic heterocycles. The Kier molecular flexibility index (Phi) is 3.78. The van der Waals surface area contributed by atoms with Crippen LogP contribution in [-0.2, 0) is 0 Å². The van der Waals surface area contributed by atoms with Gasteiger partial charge in [-0.1, -0.05) is 42.5 Å². The van der Waals surface area contributed by atoms with Crippen LogP contribution in [0.15, 0.2) is 54.6 Å². The highest BCUT2D eigenvalue weighted by atomic mass is 19.1. The van der Waals surface area contributed by atoms with Gasteiger partial charge in [0, 0.05) is 25.3 Å². The molecule has 2 rings (SSSR count). The predicted octanol–water partition coefficient (Wildman–Crippen LogP) is 4.22. The maximum atomic E-state index is 13.9. The van der Waals surface area contributed by atoms with Crippen molar-refractivity contribution in [3.8, 4) is 0 Å². The van der Waals surface area contributed by atoms with Crippen molar-refractivity contribution in [3.63, 3.8) is 0 Å².